The summed E-state index contributed by atoms with van der Waals surface area (Å²) >= 11 is 0. The molecule has 0 spiro atoms. The normalized spacial score (nSPS) is 12.6. The molecule has 0 bridgehead atoms. The number of carbonyl (C=O) groups excluding carboxylic acids is 1. The lowest BCUT2D eigenvalue weighted by atomic mass is 10.0. The first-order chi connectivity index (χ1) is 11.1. The molecule has 1 aliphatic heterocycles. The molecule has 0 radical (unpaired) electrons. The van der Waals surface area contributed by atoms with Gasteiger partial charge in [0, 0.05) is 23.2 Å². The van der Waals surface area contributed by atoms with Crippen LogP contribution in [0.25, 0.3) is 10.9 Å². The van der Waals surface area contributed by atoms with Gasteiger partial charge in [0.2, 0.25) is 6.79 Å². The molecular formula is C18H13NO4. The molecule has 0 saturated heterocycles. The minimum atomic E-state index is -0.265. The molecule has 5 nitrogen and oxygen atoms in total. The fourth-order valence-electron chi connectivity index (χ4n) is 2.63. The predicted molar refractivity (Wildman–Crippen MR) is 84.1 cm³/mol. The minimum absolute atomic E-state index is 0.0358. The van der Waals surface area contributed by atoms with E-state index in [-0.39, 0.29) is 23.9 Å². The number of hydrogen-bond donors (Lipinski definition) is 1. The standard InChI is InChI=1S/C18H13NO4/c1-10-2-3-15(20)13(4-10)18(21)12-5-11-6-16-17(23-9-22-16)7-14(11)19-8-12/h2-8,20H,9H2,1H3. The van der Waals surface area contributed by atoms with E-state index in [4.69, 9.17) is 9.47 Å². The maximum absolute atomic E-state index is 12.6. The second-order valence-corrected chi connectivity index (χ2v) is 5.47. The lowest BCUT2D eigenvalue weighted by Crippen LogP contribution is -2.03. The van der Waals surface area contributed by atoms with Gasteiger partial charge < -0.3 is 14.6 Å². The van der Waals surface area contributed by atoms with Crippen LogP contribution in [-0.2, 0) is 0 Å². The second-order valence-electron chi connectivity index (χ2n) is 5.47. The first kappa shape index (κ1) is 13.6. The first-order valence-electron chi connectivity index (χ1n) is 7.15. The molecule has 114 valence electrons. The number of rotatable bonds is 2. The maximum atomic E-state index is 12.6. The van der Waals surface area contributed by atoms with Gasteiger partial charge in [-0.05, 0) is 31.2 Å². The molecule has 1 N–H and O–H groups in total. The molecule has 3 aromatic rings. The third-order valence-corrected chi connectivity index (χ3v) is 3.83. The number of phenols is 1. The van der Waals surface area contributed by atoms with Crippen molar-refractivity contribution in [3.63, 3.8) is 0 Å². The SMILES string of the molecule is Cc1ccc(O)c(C(=O)c2cnc3cc4c(cc3c2)OCO4)c1. The van der Waals surface area contributed by atoms with Gasteiger partial charge in [0.05, 0.1) is 11.1 Å². The Balaban J connectivity index is 1.81. The van der Waals surface area contributed by atoms with E-state index in [2.05, 4.69) is 4.98 Å². The van der Waals surface area contributed by atoms with Crippen molar-refractivity contribution in [2.75, 3.05) is 6.79 Å². The van der Waals surface area contributed by atoms with Crippen molar-refractivity contribution in [3.8, 4) is 17.2 Å². The fourth-order valence-corrected chi connectivity index (χ4v) is 2.63. The van der Waals surface area contributed by atoms with Gasteiger partial charge in [0.15, 0.2) is 17.3 Å². The number of fused-ring (bicyclic) bond motifs is 2. The van der Waals surface area contributed by atoms with Crippen molar-refractivity contribution in [3.05, 3.63) is 59.3 Å². The van der Waals surface area contributed by atoms with Gasteiger partial charge in [0.25, 0.3) is 0 Å². The van der Waals surface area contributed by atoms with Crippen LogP contribution >= 0.6 is 0 Å². The van der Waals surface area contributed by atoms with E-state index >= 15 is 0 Å². The molecule has 0 unspecified atom stereocenters. The van der Waals surface area contributed by atoms with E-state index in [1.807, 2.05) is 6.92 Å². The Kier molecular flexibility index (Phi) is 2.94. The molecule has 5 heteroatoms. The number of hydrogen-bond acceptors (Lipinski definition) is 5. The monoisotopic (exact) mass is 307 g/mol. The van der Waals surface area contributed by atoms with Crippen LogP contribution in [-0.4, -0.2) is 22.7 Å². The molecule has 1 aliphatic rings. The maximum Gasteiger partial charge on any atom is 0.231 e. The van der Waals surface area contributed by atoms with Gasteiger partial charge in [-0.15, -0.1) is 0 Å². The summed E-state index contributed by atoms with van der Waals surface area (Å²) in [6.45, 7) is 2.06. The molecule has 0 fully saturated rings. The first-order valence-corrected chi connectivity index (χ1v) is 7.15. The number of aromatic hydroxyl groups is 1. The summed E-state index contributed by atoms with van der Waals surface area (Å²) in [4.78, 5) is 17.0. The number of ether oxygens (including phenoxy) is 2. The van der Waals surface area contributed by atoms with Crippen LogP contribution in [0.3, 0.4) is 0 Å². The Morgan fingerprint density at radius 1 is 1.13 bits per heavy atom. The zero-order valence-electron chi connectivity index (χ0n) is 12.4. The van der Waals surface area contributed by atoms with Crippen molar-refractivity contribution in [2.24, 2.45) is 0 Å². The Morgan fingerprint density at radius 3 is 2.74 bits per heavy atom. The molecule has 2 heterocycles. The summed E-state index contributed by atoms with van der Waals surface area (Å²) in [7, 11) is 0. The number of ketones is 1. The van der Waals surface area contributed by atoms with E-state index in [0.717, 1.165) is 16.5 Å². The van der Waals surface area contributed by atoms with Crippen molar-refractivity contribution in [1.29, 1.82) is 0 Å². The van der Waals surface area contributed by atoms with E-state index in [1.54, 1.807) is 30.3 Å². The molecule has 23 heavy (non-hydrogen) atoms. The number of benzene rings is 2. The highest BCUT2D eigenvalue weighted by atomic mass is 16.7. The van der Waals surface area contributed by atoms with Gasteiger partial charge >= 0.3 is 0 Å². The smallest absolute Gasteiger partial charge is 0.231 e. The van der Waals surface area contributed by atoms with Crippen LogP contribution in [0.2, 0.25) is 0 Å². The number of pyridine rings is 1. The van der Waals surface area contributed by atoms with Gasteiger partial charge in [-0.25, -0.2) is 0 Å². The van der Waals surface area contributed by atoms with Gasteiger partial charge in [0.1, 0.15) is 5.75 Å². The fraction of sp³-hybridized carbons (Fsp3) is 0.111. The predicted octanol–water partition coefficient (Wildman–Crippen LogP) is 3.21. The molecule has 0 atom stereocenters. The summed E-state index contributed by atoms with van der Waals surface area (Å²) in [6, 6.07) is 10.3. The van der Waals surface area contributed by atoms with Crippen molar-refractivity contribution < 1.29 is 19.4 Å². The molecule has 2 aromatic carbocycles. The summed E-state index contributed by atoms with van der Waals surface area (Å²) < 4.78 is 10.7. The number of phenolic OH excluding ortho intramolecular Hbond substituents is 1. The molecule has 4 rings (SSSR count). The van der Waals surface area contributed by atoms with Crippen LogP contribution in [0.4, 0.5) is 0 Å². The summed E-state index contributed by atoms with van der Waals surface area (Å²) in [5.74, 6) is 0.993. The summed E-state index contributed by atoms with van der Waals surface area (Å²) in [6.07, 6.45) is 1.51. The average molecular weight is 307 g/mol. The number of carbonyl (C=O) groups is 1. The van der Waals surface area contributed by atoms with Crippen LogP contribution < -0.4 is 9.47 Å². The molecule has 0 aliphatic carbocycles. The zero-order chi connectivity index (χ0) is 16.0. The Hall–Kier alpha value is -3.08. The van der Waals surface area contributed by atoms with E-state index in [1.165, 1.54) is 12.3 Å². The Bertz CT molecular complexity index is 949. The topological polar surface area (TPSA) is 68.7 Å². The van der Waals surface area contributed by atoms with E-state index in [0.29, 0.717) is 17.1 Å². The van der Waals surface area contributed by atoms with Gasteiger partial charge in [-0.3, -0.25) is 9.78 Å². The molecular weight excluding hydrogens is 294 g/mol. The highest BCUT2D eigenvalue weighted by Crippen LogP contribution is 2.35. The second kappa shape index (κ2) is 4.98. The Morgan fingerprint density at radius 2 is 1.91 bits per heavy atom. The third kappa shape index (κ3) is 2.26. The third-order valence-electron chi connectivity index (χ3n) is 3.83. The van der Waals surface area contributed by atoms with Crippen LogP contribution in [0, 0.1) is 6.92 Å². The van der Waals surface area contributed by atoms with Crippen molar-refractivity contribution >= 4 is 16.7 Å². The number of nitrogens with zero attached hydrogens (tertiary/aromatic N) is 1. The summed E-state index contributed by atoms with van der Waals surface area (Å²) in [5.41, 5.74) is 2.31. The molecule has 0 saturated carbocycles. The van der Waals surface area contributed by atoms with Gasteiger partial charge in [-0.1, -0.05) is 11.6 Å². The number of aryl methyl sites for hydroxylation is 1. The van der Waals surface area contributed by atoms with Crippen molar-refractivity contribution in [1.82, 2.24) is 4.98 Å². The highest BCUT2D eigenvalue weighted by molar-refractivity contribution is 6.11. The van der Waals surface area contributed by atoms with Crippen LogP contribution in [0.15, 0.2) is 42.6 Å². The summed E-state index contributed by atoms with van der Waals surface area (Å²) in [5, 5.41) is 10.7. The zero-order valence-corrected chi connectivity index (χ0v) is 12.4. The lowest BCUT2D eigenvalue weighted by molar-refractivity contribution is 0.103. The Labute approximate surface area is 132 Å². The quantitative estimate of drug-likeness (QED) is 0.736. The largest absolute Gasteiger partial charge is 0.507 e. The van der Waals surface area contributed by atoms with Gasteiger partial charge in [-0.2, -0.15) is 0 Å². The average Bonchev–Trinajstić information content (AvgIpc) is 3.01. The molecule has 0 amide bonds. The number of aromatic nitrogens is 1. The van der Waals surface area contributed by atoms with E-state index < -0.39 is 0 Å². The van der Waals surface area contributed by atoms with Crippen LogP contribution in [0.5, 0.6) is 17.2 Å². The highest BCUT2D eigenvalue weighted by Gasteiger charge is 2.18. The minimum Gasteiger partial charge on any atom is -0.507 e. The lowest BCUT2D eigenvalue weighted by Gasteiger charge is -2.06. The van der Waals surface area contributed by atoms with E-state index in [9.17, 15) is 9.90 Å². The van der Waals surface area contributed by atoms with Crippen LogP contribution in [0.1, 0.15) is 21.5 Å². The molecule has 1 aromatic heterocycles. The van der Waals surface area contributed by atoms with Crippen molar-refractivity contribution in [2.45, 2.75) is 6.92 Å².